The van der Waals surface area contributed by atoms with Crippen LogP contribution >= 0.6 is 23.2 Å². The van der Waals surface area contributed by atoms with E-state index in [9.17, 15) is 15.0 Å². The second-order valence-electron chi connectivity index (χ2n) is 7.35. The van der Waals surface area contributed by atoms with Crippen LogP contribution in [0.2, 0.25) is 10.0 Å². The third-order valence-corrected chi connectivity index (χ3v) is 5.65. The minimum Gasteiger partial charge on any atom is -0.479 e. The number of rotatable bonds is 5. The van der Waals surface area contributed by atoms with Crippen LogP contribution < -0.4 is 4.90 Å². The Morgan fingerprint density at radius 3 is 2.52 bits per heavy atom. The Labute approximate surface area is 179 Å². The number of hydrogen-bond donors (Lipinski definition) is 2. The molecule has 2 atom stereocenters. The van der Waals surface area contributed by atoms with Crippen molar-refractivity contribution in [2.45, 2.75) is 18.6 Å². The van der Waals surface area contributed by atoms with Gasteiger partial charge in [0, 0.05) is 31.2 Å². The van der Waals surface area contributed by atoms with Crippen molar-refractivity contribution in [2.75, 3.05) is 31.1 Å². The number of carboxylic acids is 1. The smallest absolute Gasteiger partial charge is 0.336 e. The number of nitriles is 1. The number of halogens is 2. The van der Waals surface area contributed by atoms with Crippen molar-refractivity contribution >= 4 is 34.9 Å². The lowest BCUT2D eigenvalue weighted by Gasteiger charge is -2.44. The molecule has 1 unspecified atom stereocenters. The van der Waals surface area contributed by atoms with Gasteiger partial charge >= 0.3 is 5.97 Å². The van der Waals surface area contributed by atoms with E-state index in [4.69, 9.17) is 28.5 Å². The Balaban J connectivity index is 1.93. The molecule has 1 aliphatic heterocycles. The summed E-state index contributed by atoms with van der Waals surface area (Å²) >= 11 is 12.5. The molecule has 0 aromatic heterocycles. The van der Waals surface area contributed by atoms with Crippen molar-refractivity contribution in [1.82, 2.24) is 4.90 Å². The Morgan fingerprint density at radius 1 is 1.24 bits per heavy atom. The molecule has 6 nitrogen and oxygen atoms in total. The maximum Gasteiger partial charge on any atom is 0.336 e. The first-order valence-corrected chi connectivity index (χ1v) is 9.87. The van der Waals surface area contributed by atoms with E-state index in [0.29, 0.717) is 35.2 Å². The third-order valence-electron chi connectivity index (χ3n) is 5.10. The molecule has 0 aliphatic carbocycles. The molecule has 0 amide bonds. The number of benzene rings is 2. The fourth-order valence-electron chi connectivity index (χ4n) is 3.55. The van der Waals surface area contributed by atoms with Crippen molar-refractivity contribution in [2.24, 2.45) is 0 Å². The summed E-state index contributed by atoms with van der Waals surface area (Å²) in [7, 11) is 0. The number of carbonyl (C=O) groups is 1. The van der Waals surface area contributed by atoms with Crippen LogP contribution in [-0.4, -0.2) is 52.9 Å². The lowest BCUT2D eigenvalue weighted by Crippen LogP contribution is -2.54. The molecule has 1 heterocycles. The molecule has 3 rings (SSSR count). The molecule has 8 heteroatoms. The van der Waals surface area contributed by atoms with Crippen molar-refractivity contribution in [3.63, 3.8) is 0 Å². The standard InChI is InChI=1S/C21H21Cl2N3O3/c1-21(29,20(27)28)13-25-8-9-26(18-7-2-14(11-24)10-17(18)23)19(12-25)15-3-5-16(22)6-4-15/h2-7,10,19,29H,8-9,12-13H2,1H3,(H,27,28)/t19-,21?/m0/s1. The topological polar surface area (TPSA) is 87.8 Å². The number of anilines is 1. The zero-order valence-corrected chi connectivity index (χ0v) is 17.4. The lowest BCUT2D eigenvalue weighted by atomic mass is 9.99. The number of hydrogen-bond acceptors (Lipinski definition) is 5. The SMILES string of the molecule is CC(O)(CN1CCN(c2ccc(C#N)cc2Cl)[C@H](c2ccc(Cl)cc2)C1)C(=O)O. The number of aliphatic hydroxyl groups is 1. The monoisotopic (exact) mass is 433 g/mol. The minimum absolute atomic E-state index is 0.0152. The van der Waals surface area contributed by atoms with Gasteiger partial charge in [-0.1, -0.05) is 35.3 Å². The maximum atomic E-state index is 11.3. The van der Waals surface area contributed by atoms with Crippen LogP contribution in [0.4, 0.5) is 5.69 Å². The van der Waals surface area contributed by atoms with Gasteiger partial charge in [0.25, 0.3) is 0 Å². The fourth-order valence-corrected chi connectivity index (χ4v) is 3.97. The average Bonchev–Trinajstić information content (AvgIpc) is 2.68. The largest absolute Gasteiger partial charge is 0.479 e. The Bertz CT molecular complexity index is 941. The van der Waals surface area contributed by atoms with E-state index >= 15 is 0 Å². The molecule has 152 valence electrons. The highest BCUT2D eigenvalue weighted by Crippen LogP contribution is 2.36. The van der Waals surface area contributed by atoms with Crippen molar-refractivity contribution < 1.29 is 15.0 Å². The Hall–Kier alpha value is -2.30. The van der Waals surface area contributed by atoms with Gasteiger partial charge in [-0.25, -0.2) is 4.79 Å². The molecule has 0 radical (unpaired) electrons. The molecule has 0 saturated carbocycles. The van der Waals surface area contributed by atoms with Gasteiger partial charge in [0.15, 0.2) is 5.60 Å². The van der Waals surface area contributed by atoms with Gasteiger partial charge in [-0.15, -0.1) is 0 Å². The van der Waals surface area contributed by atoms with Crippen molar-refractivity contribution in [3.8, 4) is 6.07 Å². The van der Waals surface area contributed by atoms with E-state index in [2.05, 4.69) is 11.0 Å². The van der Waals surface area contributed by atoms with Gasteiger partial charge < -0.3 is 15.1 Å². The zero-order valence-electron chi connectivity index (χ0n) is 15.8. The highest BCUT2D eigenvalue weighted by Gasteiger charge is 2.36. The predicted octanol–water partition coefficient (Wildman–Crippen LogP) is 3.56. The van der Waals surface area contributed by atoms with Crippen molar-refractivity contribution in [1.29, 1.82) is 5.26 Å². The predicted molar refractivity (Wildman–Crippen MR) is 112 cm³/mol. The Morgan fingerprint density at radius 2 is 1.93 bits per heavy atom. The first-order chi connectivity index (χ1) is 13.7. The summed E-state index contributed by atoms with van der Waals surface area (Å²) in [4.78, 5) is 15.4. The molecule has 1 saturated heterocycles. The number of β-amino-alcohol motifs (C(OH)–C–C–N with tert-alkyl or cyclic N) is 1. The summed E-state index contributed by atoms with van der Waals surface area (Å²) in [5.41, 5.74) is 0.446. The van der Waals surface area contributed by atoms with Crippen LogP contribution in [0.5, 0.6) is 0 Å². The van der Waals surface area contributed by atoms with Gasteiger partial charge in [-0.05, 0) is 42.8 Å². The van der Waals surface area contributed by atoms with Crippen molar-refractivity contribution in [3.05, 3.63) is 63.6 Å². The van der Waals surface area contributed by atoms with Crippen LogP contribution in [0.3, 0.4) is 0 Å². The molecular weight excluding hydrogens is 413 g/mol. The number of piperazine rings is 1. The first kappa shape index (κ1) is 21.4. The van der Waals surface area contributed by atoms with E-state index in [1.807, 2.05) is 35.2 Å². The summed E-state index contributed by atoms with van der Waals surface area (Å²) in [5, 5.41) is 29.7. The molecule has 1 fully saturated rings. The Kier molecular flexibility index (Phi) is 6.35. The van der Waals surface area contributed by atoms with Crippen LogP contribution in [0.25, 0.3) is 0 Å². The van der Waals surface area contributed by atoms with E-state index < -0.39 is 11.6 Å². The van der Waals surface area contributed by atoms with Crippen LogP contribution in [0.15, 0.2) is 42.5 Å². The maximum absolute atomic E-state index is 11.3. The molecule has 29 heavy (non-hydrogen) atoms. The second-order valence-corrected chi connectivity index (χ2v) is 8.20. The quantitative estimate of drug-likeness (QED) is 0.749. The molecule has 1 aliphatic rings. The molecule has 0 spiro atoms. The number of nitrogens with zero attached hydrogens (tertiary/aromatic N) is 3. The highest BCUT2D eigenvalue weighted by molar-refractivity contribution is 6.33. The number of carboxylic acid groups (broad SMARTS) is 1. The molecular formula is C21H21Cl2N3O3. The zero-order chi connectivity index (χ0) is 21.2. The summed E-state index contributed by atoms with van der Waals surface area (Å²) in [6, 6.07) is 14.6. The third kappa shape index (κ3) is 4.82. The normalized spacial score (nSPS) is 19.4. The van der Waals surface area contributed by atoms with Gasteiger partial charge in [0.1, 0.15) is 0 Å². The molecule has 2 N–H and O–H groups in total. The molecule has 0 bridgehead atoms. The van der Waals surface area contributed by atoms with E-state index in [1.54, 1.807) is 12.1 Å². The van der Waals surface area contributed by atoms with Crippen LogP contribution in [-0.2, 0) is 4.79 Å². The molecule has 2 aromatic carbocycles. The molecule has 2 aromatic rings. The van der Waals surface area contributed by atoms with Gasteiger partial charge in [-0.3, -0.25) is 4.90 Å². The average molecular weight is 434 g/mol. The van der Waals surface area contributed by atoms with Gasteiger partial charge in [0.2, 0.25) is 0 Å². The summed E-state index contributed by atoms with van der Waals surface area (Å²) in [5.74, 6) is -1.25. The summed E-state index contributed by atoms with van der Waals surface area (Å²) in [6.45, 7) is 2.96. The van der Waals surface area contributed by atoms with Gasteiger partial charge in [-0.2, -0.15) is 5.26 Å². The lowest BCUT2D eigenvalue weighted by molar-refractivity contribution is -0.158. The van der Waals surface area contributed by atoms with Crippen LogP contribution in [0, 0.1) is 11.3 Å². The fraction of sp³-hybridized carbons (Fsp3) is 0.333. The van der Waals surface area contributed by atoms with Crippen LogP contribution in [0.1, 0.15) is 24.1 Å². The number of aliphatic carboxylic acids is 1. The summed E-state index contributed by atoms with van der Waals surface area (Å²) in [6.07, 6.45) is 0. The van der Waals surface area contributed by atoms with E-state index in [-0.39, 0.29) is 12.6 Å². The highest BCUT2D eigenvalue weighted by atomic mass is 35.5. The van der Waals surface area contributed by atoms with E-state index in [0.717, 1.165) is 11.3 Å². The van der Waals surface area contributed by atoms with E-state index in [1.165, 1.54) is 6.92 Å². The minimum atomic E-state index is -1.83. The first-order valence-electron chi connectivity index (χ1n) is 9.11. The summed E-state index contributed by atoms with van der Waals surface area (Å²) < 4.78 is 0. The van der Waals surface area contributed by atoms with Gasteiger partial charge in [0.05, 0.1) is 28.4 Å². The second kappa shape index (κ2) is 8.60.